The van der Waals surface area contributed by atoms with Gasteiger partial charge in [0.25, 0.3) is 0 Å². The van der Waals surface area contributed by atoms with Gasteiger partial charge in [0, 0.05) is 11.0 Å². The SMILES string of the molecule is C[C@@]12CCCCC1CCC1C2CC[C@@]2(C)C(=O)/C(=C/c3ccccc3F)CC12. The van der Waals surface area contributed by atoms with Crippen molar-refractivity contribution in [2.24, 2.45) is 34.5 Å². The van der Waals surface area contributed by atoms with Crippen molar-refractivity contribution in [3.8, 4) is 0 Å². The molecule has 0 bridgehead atoms. The van der Waals surface area contributed by atoms with Crippen LogP contribution >= 0.6 is 0 Å². The third kappa shape index (κ3) is 2.59. The van der Waals surface area contributed by atoms with Crippen LogP contribution in [0.2, 0.25) is 0 Å². The predicted molar refractivity (Wildman–Crippen MR) is 111 cm³/mol. The van der Waals surface area contributed by atoms with Gasteiger partial charge in [0.05, 0.1) is 0 Å². The van der Waals surface area contributed by atoms with E-state index in [0.717, 1.165) is 30.3 Å². The topological polar surface area (TPSA) is 17.1 Å². The first kappa shape index (κ1) is 18.6. The number of ketones is 1. The van der Waals surface area contributed by atoms with Crippen LogP contribution in [0.25, 0.3) is 6.08 Å². The van der Waals surface area contributed by atoms with Crippen molar-refractivity contribution in [3.63, 3.8) is 0 Å². The van der Waals surface area contributed by atoms with Gasteiger partial charge in [-0.05, 0) is 91.7 Å². The molecule has 4 fully saturated rings. The molecule has 0 spiro atoms. The van der Waals surface area contributed by atoms with Crippen molar-refractivity contribution in [2.45, 2.75) is 71.6 Å². The lowest BCUT2D eigenvalue weighted by atomic mass is 9.45. The molecule has 4 saturated carbocycles. The highest BCUT2D eigenvalue weighted by Gasteiger charge is 2.60. The number of hydrogen-bond donors (Lipinski definition) is 0. The quantitative estimate of drug-likeness (QED) is 0.488. The Hall–Kier alpha value is -1.44. The van der Waals surface area contributed by atoms with Crippen molar-refractivity contribution < 1.29 is 9.18 Å². The molecule has 0 heterocycles. The third-order valence-electron chi connectivity index (χ3n) is 9.46. The number of allylic oxidation sites excluding steroid dienone is 1. The van der Waals surface area contributed by atoms with E-state index in [4.69, 9.17) is 0 Å². The number of halogens is 1. The Morgan fingerprint density at radius 1 is 1.00 bits per heavy atom. The maximum absolute atomic E-state index is 14.2. The van der Waals surface area contributed by atoms with Crippen LogP contribution in [0.15, 0.2) is 29.8 Å². The molecule has 1 nitrogen and oxygen atoms in total. The number of Topliss-reactive ketones (excluding diaryl/α,β-unsaturated/α-hetero) is 1. The highest BCUT2D eigenvalue weighted by molar-refractivity contribution is 6.05. The van der Waals surface area contributed by atoms with E-state index in [-0.39, 0.29) is 11.2 Å². The summed E-state index contributed by atoms with van der Waals surface area (Å²) in [7, 11) is 0. The first-order chi connectivity index (χ1) is 13.4. The Kier molecular flexibility index (Phi) is 4.34. The van der Waals surface area contributed by atoms with E-state index in [1.165, 1.54) is 51.0 Å². The maximum atomic E-state index is 14.2. The standard InChI is InChI=1S/C26H33FO/c1-25-13-6-5-8-19(25)10-11-20-21(25)12-14-26(2)22(20)16-18(24(26)28)15-17-7-3-4-9-23(17)27/h3-4,7,9,15,19-22H,5-6,8,10-14,16H2,1-2H3/b18-15+/t19?,20?,21?,22?,25-,26-/m1/s1. The van der Waals surface area contributed by atoms with Crippen molar-refractivity contribution in [1.29, 1.82) is 0 Å². The zero-order valence-electron chi connectivity index (χ0n) is 17.3. The maximum Gasteiger partial charge on any atom is 0.165 e. The zero-order valence-corrected chi connectivity index (χ0v) is 17.3. The molecule has 0 aliphatic heterocycles. The smallest absolute Gasteiger partial charge is 0.165 e. The van der Waals surface area contributed by atoms with E-state index >= 15 is 0 Å². The van der Waals surface area contributed by atoms with Gasteiger partial charge in [-0.1, -0.05) is 44.9 Å². The summed E-state index contributed by atoms with van der Waals surface area (Å²) in [6.45, 7) is 4.79. The molecule has 6 atom stereocenters. The molecule has 28 heavy (non-hydrogen) atoms. The largest absolute Gasteiger partial charge is 0.294 e. The Bertz CT molecular complexity index is 825. The fraction of sp³-hybridized carbons (Fsp3) is 0.654. The van der Waals surface area contributed by atoms with Crippen LogP contribution in [-0.2, 0) is 4.79 Å². The Labute approximate surface area is 168 Å². The molecule has 0 amide bonds. The van der Waals surface area contributed by atoms with Gasteiger partial charge >= 0.3 is 0 Å². The molecule has 0 radical (unpaired) electrons. The van der Waals surface area contributed by atoms with Gasteiger partial charge in [-0.25, -0.2) is 4.39 Å². The molecule has 4 aliphatic rings. The lowest BCUT2D eigenvalue weighted by molar-refractivity contribution is -0.137. The highest BCUT2D eigenvalue weighted by Crippen LogP contribution is 2.66. The van der Waals surface area contributed by atoms with Crippen LogP contribution in [0, 0.1) is 40.3 Å². The number of rotatable bonds is 1. The van der Waals surface area contributed by atoms with E-state index in [1.807, 2.05) is 12.1 Å². The summed E-state index contributed by atoms with van der Waals surface area (Å²) in [6, 6.07) is 6.84. The van der Waals surface area contributed by atoms with Gasteiger partial charge in [0.1, 0.15) is 5.82 Å². The van der Waals surface area contributed by atoms with E-state index < -0.39 is 0 Å². The first-order valence-electron chi connectivity index (χ1n) is 11.4. The minimum Gasteiger partial charge on any atom is -0.294 e. The number of carbonyl (C=O) groups is 1. The average molecular weight is 381 g/mol. The second kappa shape index (κ2) is 6.54. The summed E-state index contributed by atoms with van der Waals surface area (Å²) in [5.41, 5.74) is 1.70. The third-order valence-corrected chi connectivity index (χ3v) is 9.46. The van der Waals surface area contributed by atoms with Crippen LogP contribution < -0.4 is 0 Å². The molecule has 4 unspecified atom stereocenters. The number of hydrogen-bond acceptors (Lipinski definition) is 1. The van der Waals surface area contributed by atoms with Crippen LogP contribution in [0.5, 0.6) is 0 Å². The Morgan fingerprint density at radius 2 is 1.82 bits per heavy atom. The molecular formula is C26H33FO. The minimum absolute atomic E-state index is 0.226. The molecule has 1 aromatic rings. The van der Waals surface area contributed by atoms with Crippen molar-refractivity contribution in [2.75, 3.05) is 0 Å². The monoisotopic (exact) mass is 380 g/mol. The lowest BCUT2D eigenvalue weighted by Crippen LogP contribution is -2.52. The van der Waals surface area contributed by atoms with E-state index in [2.05, 4.69) is 13.8 Å². The molecule has 0 saturated heterocycles. The summed E-state index contributed by atoms with van der Waals surface area (Å²) < 4.78 is 14.2. The van der Waals surface area contributed by atoms with E-state index in [9.17, 15) is 9.18 Å². The molecule has 5 rings (SSSR count). The minimum atomic E-state index is -0.226. The summed E-state index contributed by atoms with van der Waals surface area (Å²) in [5, 5.41) is 0. The van der Waals surface area contributed by atoms with E-state index in [0.29, 0.717) is 28.6 Å². The molecule has 0 N–H and O–H groups in total. The molecule has 0 aromatic heterocycles. The van der Waals surface area contributed by atoms with Crippen molar-refractivity contribution >= 4 is 11.9 Å². The predicted octanol–water partition coefficient (Wildman–Crippen LogP) is 6.82. The van der Waals surface area contributed by atoms with Crippen LogP contribution in [0.4, 0.5) is 4.39 Å². The number of carbonyl (C=O) groups excluding carboxylic acids is 1. The lowest BCUT2D eigenvalue weighted by Gasteiger charge is -2.59. The molecule has 1 aromatic carbocycles. The molecule has 2 heteroatoms. The van der Waals surface area contributed by atoms with Crippen molar-refractivity contribution in [3.05, 3.63) is 41.2 Å². The zero-order chi connectivity index (χ0) is 19.5. The number of fused-ring (bicyclic) bond motifs is 5. The van der Waals surface area contributed by atoms with Gasteiger partial charge in [-0.15, -0.1) is 0 Å². The fourth-order valence-electron chi connectivity index (χ4n) is 7.87. The van der Waals surface area contributed by atoms with E-state index in [1.54, 1.807) is 12.1 Å². The number of benzene rings is 1. The highest BCUT2D eigenvalue weighted by atomic mass is 19.1. The first-order valence-corrected chi connectivity index (χ1v) is 11.4. The average Bonchev–Trinajstić information content (AvgIpc) is 2.94. The summed E-state index contributed by atoms with van der Waals surface area (Å²) >= 11 is 0. The van der Waals surface area contributed by atoms with Crippen LogP contribution in [0.3, 0.4) is 0 Å². The van der Waals surface area contributed by atoms with Crippen LogP contribution in [-0.4, -0.2) is 5.78 Å². The summed E-state index contributed by atoms with van der Waals surface area (Å²) in [4.78, 5) is 13.4. The summed E-state index contributed by atoms with van der Waals surface area (Å²) in [6.07, 6.45) is 13.2. The summed E-state index contributed by atoms with van der Waals surface area (Å²) in [5.74, 6) is 2.89. The second-order valence-electron chi connectivity index (χ2n) is 10.6. The van der Waals surface area contributed by atoms with Crippen LogP contribution in [0.1, 0.15) is 77.2 Å². The van der Waals surface area contributed by atoms with Gasteiger partial charge < -0.3 is 0 Å². The van der Waals surface area contributed by atoms with Gasteiger partial charge in [-0.2, -0.15) is 0 Å². The second-order valence-corrected chi connectivity index (χ2v) is 10.6. The molecule has 4 aliphatic carbocycles. The van der Waals surface area contributed by atoms with Gasteiger partial charge in [0.15, 0.2) is 5.78 Å². The Balaban J connectivity index is 1.48. The van der Waals surface area contributed by atoms with Crippen molar-refractivity contribution in [1.82, 2.24) is 0 Å². The van der Waals surface area contributed by atoms with Gasteiger partial charge in [-0.3, -0.25) is 4.79 Å². The molecule has 150 valence electrons. The Morgan fingerprint density at radius 3 is 2.64 bits per heavy atom. The molecular weight excluding hydrogens is 347 g/mol. The fourth-order valence-corrected chi connectivity index (χ4v) is 7.87. The van der Waals surface area contributed by atoms with Gasteiger partial charge in [0.2, 0.25) is 0 Å². The normalized spacial score (nSPS) is 44.1.